The van der Waals surface area contributed by atoms with E-state index < -0.39 is 22.0 Å². The lowest BCUT2D eigenvalue weighted by Gasteiger charge is -2.20. The highest BCUT2D eigenvalue weighted by Crippen LogP contribution is 2.14. The molecule has 0 spiro atoms. The predicted octanol–water partition coefficient (Wildman–Crippen LogP) is 0.688. The number of hydrogen-bond donors (Lipinski definition) is 2. The minimum Gasteiger partial charge on any atom is -0.450 e. The van der Waals surface area contributed by atoms with Gasteiger partial charge in [-0.2, -0.15) is 0 Å². The molecule has 116 valence electrons. The first kappa shape index (κ1) is 15.8. The van der Waals surface area contributed by atoms with Crippen LogP contribution >= 0.6 is 0 Å². The lowest BCUT2D eigenvalue weighted by Crippen LogP contribution is -2.49. The molecule has 1 heterocycles. The van der Waals surface area contributed by atoms with Gasteiger partial charge < -0.3 is 15.4 Å². The molecule has 21 heavy (non-hydrogen) atoms. The molecule has 2 N–H and O–H groups in total. The average molecular weight is 312 g/mol. The van der Waals surface area contributed by atoms with Crippen molar-refractivity contribution < 1.29 is 17.9 Å². The highest BCUT2D eigenvalue weighted by atomic mass is 32.2. The first-order valence-corrected chi connectivity index (χ1v) is 8.73. The summed E-state index contributed by atoms with van der Waals surface area (Å²) in [5, 5.41) is 5.82. The molecule has 6 nitrogen and oxygen atoms in total. The van der Waals surface area contributed by atoms with Crippen molar-refractivity contribution in [2.75, 3.05) is 18.1 Å². The Balaban J connectivity index is 1.96. The van der Waals surface area contributed by atoms with E-state index >= 15 is 0 Å². The summed E-state index contributed by atoms with van der Waals surface area (Å²) in [6, 6.07) is 8.94. The highest BCUT2D eigenvalue weighted by Gasteiger charge is 2.38. The van der Waals surface area contributed by atoms with E-state index in [4.69, 9.17) is 4.74 Å². The van der Waals surface area contributed by atoms with Crippen molar-refractivity contribution in [2.45, 2.75) is 25.6 Å². The lowest BCUT2D eigenvalue weighted by atomic mass is 10.1. The van der Waals surface area contributed by atoms with Crippen LogP contribution < -0.4 is 10.6 Å². The van der Waals surface area contributed by atoms with E-state index in [1.54, 1.807) is 6.92 Å². The molecule has 1 amide bonds. The lowest BCUT2D eigenvalue weighted by molar-refractivity contribution is 0.147. The molecular weight excluding hydrogens is 292 g/mol. The van der Waals surface area contributed by atoms with Crippen molar-refractivity contribution in [3.05, 3.63) is 35.9 Å². The molecule has 2 rings (SSSR count). The molecule has 1 aromatic rings. The van der Waals surface area contributed by atoms with Gasteiger partial charge >= 0.3 is 6.09 Å². The van der Waals surface area contributed by atoms with E-state index in [0.29, 0.717) is 6.54 Å². The normalized spacial score (nSPS) is 23.7. The number of rotatable bonds is 5. The first-order valence-electron chi connectivity index (χ1n) is 6.91. The van der Waals surface area contributed by atoms with Gasteiger partial charge in [-0.3, -0.25) is 0 Å². The number of alkyl carbamates (subject to hydrolysis) is 1. The standard InChI is InChI=1S/C14H20N2O4S/c1-2-20-14(17)16-13-10-21(18,19)9-12(13)15-8-11-6-4-3-5-7-11/h3-7,12-13,15H,2,8-10H2,1H3,(H,16,17)/t12-,13-/m0/s1. The number of amides is 1. The van der Waals surface area contributed by atoms with Crippen LogP contribution in [-0.2, 0) is 21.1 Å². The minimum atomic E-state index is -3.14. The smallest absolute Gasteiger partial charge is 0.407 e. The van der Waals surface area contributed by atoms with Gasteiger partial charge in [-0.1, -0.05) is 30.3 Å². The Bertz CT molecular complexity index is 574. The Kier molecular flexibility index (Phi) is 5.19. The van der Waals surface area contributed by atoms with Gasteiger partial charge in [0.25, 0.3) is 0 Å². The van der Waals surface area contributed by atoms with E-state index in [0.717, 1.165) is 5.56 Å². The molecule has 2 atom stereocenters. The van der Waals surface area contributed by atoms with Crippen LogP contribution in [-0.4, -0.2) is 44.7 Å². The Morgan fingerprint density at radius 2 is 1.90 bits per heavy atom. The fraction of sp³-hybridized carbons (Fsp3) is 0.500. The molecule has 1 aliphatic heterocycles. The number of sulfone groups is 1. The number of hydrogen-bond acceptors (Lipinski definition) is 5. The van der Waals surface area contributed by atoms with Crippen LogP contribution in [0.1, 0.15) is 12.5 Å². The molecular formula is C14H20N2O4S. The zero-order chi connectivity index (χ0) is 15.3. The Morgan fingerprint density at radius 1 is 1.24 bits per heavy atom. The molecule has 7 heteroatoms. The van der Waals surface area contributed by atoms with Crippen LogP contribution in [0.4, 0.5) is 4.79 Å². The van der Waals surface area contributed by atoms with Crippen molar-refractivity contribution in [3.63, 3.8) is 0 Å². The maximum absolute atomic E-state index is 11.8. The molecule has 0 radical (unpaired) electrons. The van der Waals surface area contributed by atoms with E-state index in [1.807, 2.05) is 30.3 Å². The number of carbonyl (C=O) groups is 1. The number of benzene rings is 1. The summed E-state index contributed by atoms with van der Waals surface area (Å²) in [7, 11) is -3.14. The van der Waals surface area contributed by atoms with Gasteiger partial charge in [0.15, 0.2) is 9.84 Å². The number of ether oxygens (including phenoxy) is 1. The summed E-state index contributed by atoms with van der Waals surface area (Å²) < 4.78 is 28.4. The zero-order valence-electron chi connectivity index (χ0n) is 11.9. The number of carbonyl (C=O) groups excluding carboxylic acids is 1. The van der Waals surface area contributed by atoms with Crippen molar-refractivity contribution in [1.82, 2.24) is 10.6 Å². The van der Waals surface area contributed by atoms with Gasteiger partial charge in [-0.15, -0.1) is 0 Å². The van der Waals surface area contributed by atoms with Crippen LogP contribution in [0, 0.1) is 0 Å². The molecule has 0 aromatic heterocycles. The third-order valence-corrected chi connectivity index (χ3v) is 5.08. The Morgan fingerprint density at radius 3 is 2.57 bits per heavy atom. The molecule has 1 saturated heterocycles. The van der Waals surface area contributed by atoms with Gasteiger partial charge in [0.1, 0.15) is 0 Å². The second-order valence-corrected chi connectivity index (χ2v) is 7.18. The van der Waals surface area contributed by atoms with Crippen LogP contribution in [0.15, 0.2) is 30.3 Å². The second kappa shape index (κ2) is 6.91. The van der Waals surface area contributed by atoms with Gasteiger partial charge in [0.05, 0.1) is 24.2 Å². The van der Waals surface area contributed by atoms with E-state index in [2.05, 4.69) is 10.6 Å². The van der Waals surface area contributed by atoms with Gasteiger partial charge in [-0.25, -0.2) is 13.2 Å². The SMILES string of the molecule is CCOC(=O)N[C@H]1CS(=O)(=O)C[C@@H]1NCc1ccccc1. The van der Waals surface area contributed by atoms with Crippen LogP contribution in [0.5, 0.6) is 0 Å². The molecule has 0 unspecified atom stereocenters. The zero-order valence-corrected chi connectivity index (χ0v) is 12.7. The van der Waals surface area contributed by atoms with Gasteiger partial charge in [0.2, 0.25) is 0 Å². The summed E-state index contributed by atoms with van der Waals surface area (Å²) in [5.74, 6) is -0.0326. The highest BCUT2D eigenvalue weighted by molar-refractivity contribution is 7.91. The maximum atomic E-state index is 11.8. The number of nitrogens with one attached hydrogen (secondary N) is 2. The third-order valence-electron chi connectivity index (χ3n) is 3.34. The molecule has 0 saturated carbocycles. The van der Waals surface area contributed by atoms with Gasteiger partial charge in [-0.05, 0) is 12.5 Å². The molecule has 0 aliphatic carbocycles. The minimum absolute atomic E-state index is 0.0247. The molecule has 0 bridgehead atoms. The predicted molar refractivity (Wildman–Crippen MR) is 79.7 cm³/mol. The van der Waals surface area contributed by atoms with E-state index in [-0.39, 0.29) is 24.2 Å². The summed E-state index contributed by atoms with van der Waals surface area (Å²) in [5.41, 5.74) is 1.07. The maximum Gasteiger partial charge on any atom is 0.407 e. The van der Waals surface area contributed by atoms with E-state index in [9.17, 15) is 13.2 Å². The summed E-state index contributed by atoms with van der Waals surface area (Å²) in [4.78, 5) is 11.5. The monoisotopic (exact) mass is 312 g/mol. The van der Waals surface area contributed by atoms with Crippen molar-refractivity contribution in [3.8, 4) is 0 Å². The Labute approximate surface area is 124 Å². The topological polar surface area (TPSA) is 84.5 Å². The molecule has 1 aromatic carbocycles. The van der Waals surface area contributed by atoms with E-state index in [1.165, 1.54) is 0 Å². The third kappa shape index (κ3) is 4.71. The molecule has 1 aliphatic rings. The quantitative estimate of drug-likeness (QED) is 0.835. The van der Waals surface area contributed by atoms with Gasteiger partial charge in [0, 0.05) is 12.6 Å². The summed E-state index contributed by atoms with van der Waals surface area (Å²) >= 11 is 0. The first-order chi connectivity index (χ1) is 10.00. The summed E-state index contributed by atoms with van der Waals surface area (Å²) in [6.07, 6.45) is -0.578. The van der Waals surface area contributed by atoms with Crippen LogP contribution in [0.25, 0.3) is 0 Å². The summed E-state index contributed by atoms with van der Waals surface area (Å²) in [6.45, 7) is 2.52. The average Bonchev–Trinajstić information content (AvgIpc) is 2.72. The van der Waals surface area contributed by atoms with Crippen molar-refractivity contribution in [1.29, 1.82) is 0 Å². The van der Waals surface area contributed by atoms with Crippen molar-refractivity contribution >= 4 is 15.9 Å². The second-order valence-electron chi connectivity index (χ2n) is 5.02. The van der Waals surface area contributed by atoms with Crippen LogP contribution in [0.3, 0.4) is 0 Å². The van der Waals surface area contributed by atoms with Crippen molar-refractivity contribution in [2.24, 2.45) is 0 Å². The van der Waals surface area contributed by atoms with Crippen LogP contribution in [0.2, 0.25) is 0 Å². The fourth-order valence-corrected chi connectivity index (χ4v) is 4.26. The fourth-order valence-electron chi connectivity index (χ4n) is 2.36. The Hall–Kier alpha value is -1.60. The molecule has 1 fully saturated rings. The largest absolute Gasteiger partial charge is 0.450 e.